The molecule has 1 aliphatic heterocycles. The molecule has 1 aliphatic rings. The van der Waals surface area contributed by atoms with E-state index >= 15 is 0 Å². The summed E-state index contributed by atoms with van der Waals surface area (Å²) in [5.74, 6) is 1.63. The smallest absolute Gasteiger partial charge is 0.409 e. The van der Waals surface area contributed by atoms with Gasteiger partial charge in [0, 0.05) is 26.2 Å². The van der Waals surface area contributed by atoms with E-state index in [9.17, 15) is 4.79 Å². The van der Waals surface area contributed by atoms with Crippen molar-refractivity contribution >= 4 is 12.1 Å². The molecule has 1 unspecified atom stereocenters. The van der Waals surface area contributed by atoms with Crippen LogP contribution in [0.15, 0.2) is 29.3 Å². The van der Waals surface area contributed by atoms with Gasteiger partial charge in [-0.1, -0.05) is 12.1 Å². The Balaban J connectivity index is 1.72. The third-order valence-corrected chi connectivity index (χ3v) is 4.47. The van der Waals surface area contributed by atoms with Crippen LogP contribution < -0.4 is 15.4 Å². The lowest BCUT2D eigenvalue weighted by molar-refractivity contribution is 0.0963. The number of likely N-dealkylation sites (tertiary alicyclic amines) is 1. The Morgan fingerprint density at radius 3 is 2.74 bits per heavy atom. The molecule has 0 aromatic heterocycles. The minimum atomic E-state index is -0.222. The van der Waals surface area contributed by atoms with E-state index in [0.29, 0.717) is 26.2 Å². The van der Waals surface area contributed by atoms with E-state index in [1.54, 1.807) is 11.9 Å². The molecule has 0 saturated carbocycles. The lowest BCUT2D eigenvalue weighted by Gasteiger charge is -2.32. The fourth-order valence-electron chi connectivity index (χ4n) is 3.01. The summed E-state index contributed by atoms with van der Waals surface area (Å²) in [5.41, 5.74) is 1.18. The van der Waals surface area contributed by atoms with Crippen molar-refractivity contribution in [1.82, 2.24) is 15.5 Å². The lowest BCUT2D eigenvalue weighted by atomic mass is 10.1. The molecule has 1 heterocycles. The molecule has 1 saturated heterocycles. The van der Waals surface area contributed by atoms with Crippen molar-refractivity contribution in [3.8, 4) is 5.75 Å². The third-order valence-electron chi connectivity index (χ3n) is 4.47. The average Bonchev–Trinajstić information content (AvgIpc) is 2.65. The predicted molar refractivity (Wildman–Crippen MR) is 107 cm³/mol. The number of hydrogen-bond acceptors (Lipinski definition) is 4. The highest BCUT2D eigenvalue weighted by atomic mass is 16.6. The molecule has 7 heteroatoms. The van der Waals surface area contributed by atoms with Crippen LogP contribution in [0.3, 0.4) is 0 Å². The number of nitrogens with zero attached hydrogens (tertiary/aromatic N) is 2. The van der Waals surface area contributed by atoms with Gasteiger partial charge in [0.25, 0.3) is 0 Å². The van der Waals surface area contributed by atoms with Crippen LogP contribution in [0.25, 0.3) is 0 Å². The first-order chi connectivity index (χ1) is 13.0. The fourth-order valence-corrected chi connectivity index (χ4v) is 3.01. The molecule has 150 valence electrons. The van der Waals surface area contributed by atoms with Crippen LogP contribution >= 0.6 is 0 Å². The summed E-state index contributed by atoms with van der Waals surface area (Å²) in [5, 5.41) is 6.74. The van der Waals surface area contributed by atoms with Crippen LogP contribution in [-0.4, -0.2) is 62.4 Å². The quantitative estimate of drug-likeness (QED) is 0.589. The highest BCUT2D eigenvalue weighted by molar-refractivity contribution is 5.80. The SMILES string of the molecule is CCOC(=O)N1CCC(NC(=NC)NCC(C)Oc2cccc(C)c2)CC1. The van der Waals surface area contributed by atoms with Crippen LogP contribution in [-0.2, 0) is 4.74 Å². The van der Waals surface area contributed by atoms with Gasteiger partial charge in [0.2, 0.25) is 0 Å². The lowest BCUT2D eigenvalue weighted by Crippen LogP contribution is -2.50. The van der Waals surface area contributed by atoms with Crippen LogP contribution in [0.4, 0.5) is 4.79 Å². The van der Waals surface area contributed by atoms with Gasteiger partial charge >= 0.3 is 6.09 Å². The molecule has 1 aromatic carbocycles. The topological polar surface area (TPSA) is 75.2 Å². The zero-order valence-corrected chi connectivity index (χ0v) is 16.8. The minimum Gasteiger partial charge on any atom is -0.489 e. The van der Waals surface area contributed by atoms with E-state index in [1.807, 2.05) is 32.0 Å². The van der Waals surface area contributed by atoms with E-state index in [-0.39, 0.29) is 18.2 Å². The molecule has 2 N–H and O–H groups in total. The Morgan fingerprint density at radius 2 is 2.11 bits per heavy atom. The van der Waals surface area contributed by atoms with Gasteiger partial charge in [-0.05, 0) is 51.3 Å². The summed E-state index contributed by atoms with van der Waals surface area (Å²) in [6.45, 7) is 8.35. The highest BCUT2D eigenvalue weighted by Gasteiger charge is 2.24. The molecule has 0 radical (unpaired) electrons. The first-order valence-corrected chi connectivity index (χ1v) is 9.64. The Labute approximate surface area is 162 Å². The maximum Gasteiger partial charge on any atom is 0.409 e. The Morgan fingerprint density at radius 1 is 1.37 bits per heavy atom. The molecule has 1 fully saturated rings. The number of aryl methyl sites for hydroxylation is 1. The highest BCUT2D eigenvalue weighted by Crippen LogP contribution is 2.14. The van der Waals surface area contributed by atoms with Crippen LogP contribution in [0.1, 0.15) is 32.3 Å². The maximum atomic E-state index is 11.8. The van der Waals surface area contributed by atoms with Crippen molar-refractivity contribution in [2.75, 3.05) is 33.3 Å². The van der Waals surface area contributed by atoms with Gasteiger partial charge in [0.05, 0.1) is 13.2 Å². The number of carbonyl (C=O) groups excluding carboxylic acids is 1. The number of carbonyl (C=O) groups is 1. The molecular weight excluding hydrogens is 344 g/mol. The van der Waals surface area contributed by atoms with Gasteiger partial charge in [0.1, 0.15) is 11.9 Å². The number of ether oxygens (including phenoxy) is 2. The van der Waals surface area contributed by atoms with Crippen molar-refractivity contribution in [3.05, 3.63) is 29.8 Å². The number of guanidine groups is 1. The monoisotopic (exact) mass is 376 g/mol. The number of benzene rings is 1. The zero-order chi connectivity index (χ0) is 19.6. The molecule has 1 amide bonds. The molecule has 0 spiro atoms. The third kappa shape index (κ3) is 7.00. The largest absolute Gasteiger partial charge is 0.489 e. The number of piperidine rings is 1. The van der Waals surface area contributed by atoms with E-state index in [4.69, 9.17) is 9.47 Å². The van der Waals surface area contributed by atoms with Crippen LogP contribution in [0, 0.1) is 6.92 Å². The normalized spacial score (nSPS) is 16.6. The molecule has 0 aliphatic carbocycles. The van der Waals surface area contributed by atoms with E-state index in [2.05, 4.69) is 28.6 Å². The average molecular weight is 377 g/mol. The summed E-state index contributed by atoms with van der Waals surface area (Å²) in [6, 6.07) is 8.33. The van der Waals surface area contributed by atoms with Gasteiger partial charge < -0.3 is 25.0 Å². The second-order valence-electron chi connectivity index (χ2n) is 6.80. The molecule has 27 heavy (non-hydrogen) atoms. The maximum absolute atomic E-state index is 11.8. The second kappa shape index (κ2) is 10.6. The van der Waals surface area contributed by atoms with Crippen molar-refractivity contribution < 1.29 is 14.3 Å². The molecule has 7 nitrogen and oxygen atoms in total. The van der Waals surface area contributed by atoms with Crippen LogP contribution in [0.2, 0.25) is 0 Å². The first-order valence-electron chi connectivity index (χ1n) is 9.64. The summed E-state index contributed by atoms with van der Waals surface area (Å²) < 4.78 is 11.0. The van der Waals surface area contributed by atoms with E-state index < -0.39 is 0 Å². The molecule has 2 rings (SSSR count). The van der Waals surface area contributed by atoms with Crippen molar-refractivity contribution in [1.29, 1.82) is 0 Å². The Bertz CT molecular complexity index is 627. The zero-order valence-electron chi connectivity index (χ0n) is 16.8. The van der Waals surface area contributed by atoms with Gasteiger partial charge in [-0.15, -0.1) is 0 Å². The standard InChI is InChI=1S/C20H32N4O3/c1-5-26-20(25)24-11-9-17(10-12-24)23-19(21-4)22-14-16(3)27-18-8-6-7-15(2)13-18/h6-8,13,16-17H,5,9-12,14H2,1-4H3,(H2,21,22,23). The molecule has 0 bridgehead atoms. The summed E-state index contributed by atoms with van der Waals surface area (Å²) in [6.07, 6.45) is 1.53. The van der Waals surface area contributed by atoms with Gasteiger partial charge in [-0.3, -0.25) is 4.99 Å². The van der Waals surface area contributed by atoms with Gasteiger partial charge in [-0.2, -0.15) is 0 Å². The van der Waals surface area contributed by atoms with Gasteiger partial charge in [0.15, 0.2) is 5.96 Å². The summed E-state index contributed by atoms with van der Waals surface area (Å²) >= 11 is 0. The number of hydrogen-bond donors (Lipinski definition) is 2. The Hall–Kier alpha value is -2.44. The summed E-state index contributed by atoms with van der Waals surface area (Å²) in [7, 11) is 1.76. The van der Waals surface area contributed by atoms with Gasteiger partial charge in [-0.25, -0.2) is 4.79 Å². The number of aliphatic imine (C=N–C) groups is 1. The molecule has 1 atom stereocenters. The Kier molecular flexibility index (Phi) is 8.23. The number of rotatable bonds is 6. The first kappa shape index (κ1) is 20.9. The predicted octanol–water partition coefficient (Wildman–Crippen LogP) is 2.55. The molecule has 1 aromatic rings. The van der Waals surface area contributed by atoms with Crippen LogP contribution in [0.5, 0.6) is 5.75 Å². The van der Waals surface area contributed by atoms with E-state index in [0.717, 1.165) is 24.6 Å². The second-order valence-corrected chi connectivity index (χ2v) is 6.80. The molecular formula is C20H32N4O3. The van der Waals surface area contributed by atoms with E-state index in [1.165, 1.54) is 5.56 Å². The number of nitrogens with one attached hydrogen (secondary N) is 2. The number of amides is 1. The minimum absolute atomic E-state index is 0.0102. The summed E-state index contributed by atoms with van der Waals surface area (Å²) in [4.78, 5) is 17.8. The van der Waals surface area contributed by atoms with Crippen molar-refractivity contribution in [2.24, 2.45) is 4.99 Å². The fraction of sp³-hybridized carbons (Fsp3) is 0.600. The van der Waals surface area contributed by atoms with Crippen molar-refractivity contribution in [2.45, 2.75) is 45.8 Å². The van der Waals surface area contributed by atoms with Crippen molar-refractivity contribution in [3.63, 3.8) is 0 Å².